The molecule has 0 radical (unpaired) electrons. The number of fused-ring (bicyclic) bond motifs is 1. The first-order valence-electron chi connectivity index (χ1n) is 8.00. The lowest BCUT2D eigenvalue weighted by molar-refractivity contribution is 0.0707. The number of rotatable bonds is 4. The SMILES string of the molecule is O=C1c2ccc(OCc3cc(Br)cs3)cc2CN1C1CCCC1. The van der Waals surface area contributed by atoms with Crippen molar-refractivity contribution in [3.63, 3.8) is 0 Å². The summed E-state index contributed by atoms with van der Waals surface area (Å²) < 4.78 is 6.98. The van der Waals surface area contributed by atoms with Crippen LogP contribution in [0.4, 0.5) is 0 Å². The van der Waals surface area contributed by atoms with E-state index in [0.717, 1.165) is 40.7 Å². The lowest BCUT2D eigenvalue weighted by atomic mass is 10.1. The molecule has 3 nitrogen and oxygen atoms in total. The van der Waals surface area contributed by atoms with Crippen LogP contribution in [0.3, 0.4) is 0 Å². The molecule has 2 heterocycles. The number of hydrogen-bond donors (Lipinski definition) is 0. The van der Waals surface area contributed by atoms with E-state index in [1.807, 2.05) is 18.2 Å². The third-order valence-electron chi connectivity index (χ3n) is 4.68. The van der Waals surface area contributed by atoms with E-state index >= 15 is 0 Å². The number of thiophene rings is 1. The largest absolute Gasteiger partial charge is 0.488 e. The summed E-state index contributed by atoms with van der Waals surface area (Å²) in [6, 6.07) is 8.38. The number of amides is 1. The Balaban J connectivity index is 1.47. The van der Waals surface area contributed by atoms with Crippen LogP contribution in [0.2, 0.25) is 0 Å². The first-order chi connectivity index (χ1) is 11.2. The number of benzene rings is 1. The predicted octanol–water partition coefficient (Wildman–Crippen LogP) is 4.99. The van der Waals surface area contributed by atoms with Gasteiger partial charge in [0.15, 0.2) is 0 Å². The molecule has 23 heavy (non-hydrogen) atoms. The zero-order chi connectivity index (χ0) is 15.8. The highest BCUT2D eigenvalue weighted by atomic mass is 79.9. The molecular weight excluding hydrogens is 374 g/mol. The van der Waals surface area contributed by atoms with Crippen molar-refractivity contribution in [3.05, 3.63) is 50.1 Å². The standard InChI is InChI=1S/C18H18BrNO2S/c19-13-8-16(23-11-13)10-22-15-5-6-17-12(7-15)9-20(18(17)21)14-3-1-2-4-14/h5-8,11,14H,1-4,9-10H2. The van der Waals surface area contributed by atoms with Crippen LogP contribution in [-0.2, 0) is 13.2 Å². The molecule has 2 aromatic rings. The zero-order valence-corrected chi connectivity index (χ0v) is 15.2. The fourth-order valence-corrected chi connectivity index (χ4v) is 4.87. The minimum absolute atomic E-state index is 0.195. The van der Waals surface area contributed by atoms with E-state index in [0.29, 0.717) is 12.6 Å². The lowest BCUT2D eigenvalue weighted by Crippen LogP contribution is -2.33. The molecule has 1 aliphatic carbocycles. The summed E-state index contributed by atoms with van der Waals surface area (Å²) in [6.07, 6.45) is 4.79. The van der Waals surface area contributed by atoms with Gasteiger partial charge in [0.25, 0.3) is 5.91 Å². The molecule has 1 saturated carbocycles. The van der Waals surface area contributed by atoms with Gasteiger partial charge in [-0.1, -0.05) is 12.8 Å². The Bertz CT molecular complexity index is 736. The Kier molecular flexibility index (Phi) is 4.16. The molecule has 0 saturated heterocycles. The minimum atomic E-state index is 0.195. The second-order valence-electron chi connectivity index (χ2n) is 6.21. The molecular formula is C18H18BrNO2S. The summed E-state index contributed by atoms with van der Waals surface area (Å²) in [6.45, 7) is 1.30. The maximum atomic E-state index is 12.6. The van der Waals surface area contributed by atoms with E-state index in [4.69, 9.17) is 4.74 Å². The molecule has 4 rings (SSSR count). The van der Waals surface area contributed by atoms with Gasteiger partial charge in [0.2, 0.25) is 0 Å². The number of halogens is 1. The second kappa shape index (κ2) is 6.29. The molecule has 1 amide bonds. The second-order valence-corrected chi connectivity index (χ2v) is 8.12. The highest BCUT2D eigenvalue weighted by Gasteiger charge is 2.34. The van der Waals surface area contributed by atoms with E-state index in [1.54, 1.807) is 11.3 Å². The van der Waals surface area contributed by atoms with Crippen molar-refractivity contribution in [2.24, 2.45) is 0 Å². The molecule has 1 aromatic heterocycles. The first kappa shape index (κ1) is 15.2. The third-order valence-corrected chi connectivity index (χ3v) is 6.35. The molecule has 0 bridgehead atoms. The van der Waals surface area contributed by atoms with Crippen LogP contribution < -0.4 is 4.74 Å². The fraction of sp³-hybridized carbons (Fsp3) is 0.389. The quantitative estimate of drug-likeness (QED) is 0.734. The van der Waals surface area contributed by atoms with Gasteiger partial charge in [-0.2, -0.15) is 0 Å². The number of carbonyl (C=O) groups is 1. The molecule has 0 atom stereocenters. The van der Waals surface area contributed by atoms with Gasteiger partial charge in [-0.05, 0) is 58.6 Å². The van der Waals surface area contributed by atoms with E-state index in [1.165, 1.54) is 17.7 Å². The Hall–Kier alpha value is -1.33. The Morgan fingerprint density at radius 3 is 2.83 bits per heavy atom. The summed E-state index contributed by atoms with van der Waals surface area (Å²) in [5.74, 6) is 1.04. The van der Waals surface area contributed by atoms with Gasteiger partial charge in [-0.25, -0.2) is 0 Å². The van der Waals surface area contributed by atoms with Gasteiger partial charge in [0.05, 0.1) is 0 Å². The van der Waals surface area contributed by atoms with Crippen molar-refractivity contribution < 1.29 is 9.53 Å². The van der Waals surface area contributed by atoms with Crippen LogP contribution in [0.5, 0.6) is 5.75 Å². The number of carbonyl (C=O) groups excluding carboxylic acids is 1. The number of nitrogens with zero attached hydrogens (tertiary/aromatic N) is 1. The molecule has 5 heteroatoms. The van der Waals surface area contributed by atoms with Crippen LogP contribution in [0.25, 0.3) is 0 Å². The Labute approximate surface area is 148 Å². The first-order valence-corrected chi connectivity index (χ1v) is 9.67. The van der Waals surface area contributed by atoms with Gasteiger partial charge < -0.3 is 9.64 Å². The molecule has 0 unspecified atom stereocenters. The van der Waals surface area contributed by atoms with Gasteiger partial charge >= 0.3 is 0 Å². The molecule has 2 aliphatic rings. The van der Waals surface area contributed by atoms with Gasteiger partial charge in [-0.3, -0.25) is 4.79 Å². The summed E-state index contributed by atoms with van der Waals surface area (Å²) in [4.78, 5) is 15.8. The van der Waals surface area contributed by atoms with Crippen LogP contribution in [0.15, 0.2) is 34.1 Å². The van der Waals surface area contributed by atoms with Crippen LogP contribution >= 0.6 is 27.3 Å². The monoisotopic (exact) mass is 391 g/mol. The van der Waals surface area contributed by atoms with Crippen LogP contribution in [0.1, 0.15) is 46.5 Å². The van der Waals surface area contributed by atoms with E-state index in [9.17, 15) is 4.79 Å². The minimum Gasteiger partial charge on any atom is -0.488 e. The van der Waals surface area contributed by atoms with Crippen LogP contribution in [-0.4, -0.2) is 16.8 Å². The van der Waals surface area contributed by atoms with Crippen molar-refractivity contribution in [2.45, 2.75) is 44.9 Å². The highest BCUT2D eigenvalue weighted by Crippen LogP contribution is 2.33. The highest BCUT2D eigenvalue weighted by molar-refractivity contribution is 9.10. The Morgan fingerprint density at radius 1 is 1.26 bits per heavy atom. The summed E-state index contributed by atoms with van der Waals surface area (Å²) in [5.41, 5.74) is 1.95. The van der Waals surface area contributed by atoms with Crippen molar-refractivity contribution in [2.75, 3.05) is 0 Å². The van der Waals surface area contributed by atoms with E-state index < -0.39 is 0 Å². The van der Waals surface area contributed by atoms with Gasteiger partial charge in [-0.15, -0.1) is 11.3 Å². The molecule has 0 spiro atoms. The molecule has 1 aliphatic heterocycles. The molecule has 120 valence electrons. The maximum Gasteiger partial charge on any atom is 0.254 e. The molecule has 1 aromatic carbocycles. The predicted molar refractivity (Wildman–Crippen MR) is 94.9 cm³/mol. The zero-order valence-electron chi connectivity index (χ0n) is 12.8. The normalized spacial score (nSPS) is 17.8. The molecule has 1 fully saturated rings. The summed E-state index contributed by atoms with van der Waals surface area (Å²) in [5, 5.41) is 2.06. The lowest BCUT2D eigenvalue weighted by Gasteiger charge is -2.23. The topological polar surface area (TPSA) is 29.5 Å². The molecule has 0 N–H and O–H groups in total. The third kappa shape index (κ3) is 3.04. The van der Waals surface area contributed by atoms with Crippen molar-refractivity contribution in [1.82, 2.24) is 4.90 Å². The van der Waals surface area contributed by atoms with Crippen molar-refractivity contribution >= 4 is 33.2 Å². The van der Waals surface area contributed by atoms with Crippen molar-refractivity contribution in [3.8, 4) is 5.75 Å². The summed E-state index contributed by atoms with van der Waals surface area (Å²) in [7, 11) is 0. The number of hydrogen-bond acceptors (Lipinski definition) is 3. The maximum absolute atomic E-state index is 12.6. The van der Waals surface area contributed by atoms with E-state index in [-0.39, 0.29) is 5.91 Å². The fourth-order valence-electron chi connectivity index (χ4n) is 3.50. The van der Waals surface area contributed by atoms with Gasteiger partial charge in [0.1, 0.15) is 12.4 Å². The van der Waals surface area contributed by atoms with E-state index in [2.05, 4.69) is 32.3 Å². The number of ether oxygens (including phenoxy) is 1. The van der Waals surface area contributed by atoms with Crippen LogP contribution in [0, 0.1) is 0 Å². The van der Waals surface area contributed by atoms with Crippen molar-refractivity contribution in [1.29, 1.82) is 0 Å². The Morgan fingerprint density at radius 2 is 2.09 bits per heavy atom. The summed E-state index contributed by atoms with van der Waals surface area (Å²) >= 11 is 5.13. The average Bonchev–Trinajstić information content (AvgIpc) is 3.26. The van der Waals surface area contributed by atoms with Gasteiger partial charge in [0, 0.05) is 32.9 Å². The average molecular weight is 392 g/mol. The smallest absolute Gasteiger partial charge is 0.254 e.